The monoisotopic (exact) mass is 287 g/mol. The first-order chi connectivity index (χ1) is 8.62. The van der Waals surface area contributed by atoms with Gasteiger partial charge in [-0.05, 0) is 44.2 Å². The van der Waals surface area contributed by atoms with Crippen LogP contribution in [0.1, 0.15) is 25.7 Å². The summed E-state index contributed by atoms with van der Waals surface area (Å²) in [6, 6.07) is -0.276. The average molecular weight is 288 g/mol. The average Bonchev–Trinajstić information content (AvgIpc) is 2.98. The first kappa shape index (κ1) is 14.6. The fourth-order valence-corrected chi connectivity index (χ4v) is 3.42. The van der Waals surface area contributed by atoms with Crippen molar-refractivity contribution in [3.63, 3.8) is 0 Å². The quantitative estimate of drug-likeness (QED) is 0.760. The van der Waals surface area contributed by atoms with Crippen LogP contribution in [0.4, 0.5) is 0 Å². The Morgan fingerprint density at radius 2 is 2.11 bits per heavy atom. The van der Waals surface area contributed by atoms with E-state index in [1.54, 1.807) is 11.9 Å². The summed E-state index contributed by atoms with van der Waals surface area (Å²) in [4.78, 5) is 25.6. The Kier molecular flexibility index (Phi) is 4.06. The van der Waals surface area contributed by atoms with Crippen LogP contribution < -0.4 is 10.6 Å². The molecule has 0 radical (unpaired) electrons. The number of carbonyl (C=O) groups is 2. The predicted molar refractivity (Wildman–Crippen MR) is 74.1 cm³/mol. The van der Waals surface area contributed by atoms with E-state index < -0.39 is 0 Å². The Balaban J connectivity index is 0.00000133. The van der Waals surface area contributed by atoms with Gasteiger partial charge in [-0.2, -0.15) is 0 Å². The van der Waals surface area contributed by atoms with Crippen LogP contribution in [0.25, 0.3) is 0 Å². The van der Waals surface area contributed by atoms with Gasteiger partial charge in [-0.1, -0.05) is 0 Å². The van der Waals surface area contributed by atoms with Gasteiger partial charge in [0, 0.05) is 19.5 Å². The molecule has 3 rings (SSSR count). The van der Waals surface area contributed by atoms with Gasteiger partial charge < -0.3 is 15.5 Å². The van der Waals surface area contributed by atoms with Crippen LogP contribution in [0.2, 0.25) is 0 Å². The Morgan fingerprint density at radius 3 is 2.68 bits per heavy atom. The molecule has 108 valence electrons. The molecule has 5 nitrogen and oxygen atoms in total. The number of carbonyl (C=O) groups excluding carboxylic acids is 2. The zero-order valence-corrected chi connectivity index (χ0v) is 12.1. The molecule has 1 spiro atoms. The number of amides is 2. The number of hydrogen-bond acceptors (Lipinski definition) is 3. The van der Waals surface area contributed by atoms with E-state index in [-0.39, 0.29) is 41.6 Å². The number of halogens is 1. The van der Waals surface area contributed by atoms with Gasteiger partial charge in [0.25, 0.3) is 0 Å². The summed E-state index contributed by atoms with van der Waals surface area (Å²) < 4.78 is 0. The molecule has 3 aliphatic rings. The second-order valence-corrected chi connectivity index (χ2v) is 5.98. The first-order valence-electron chi connectivity index (χ1n) is 6.88. The summed E-state index contributed by atoms with van der Waals surface area (Å²) in [6.45, 7) is 2.80. The molecule has 1 saturated carbocycles. The Hall–Kier alpha value is -0.810. The topological polar surface area (TPSA) is 61.4 Å². The van der Waals surface area contributed by atoms with Crippen LogP contribution in [-0.2, 0) is 9.59 Å². The molecule has 3 fully saturated rings. The van der Waals surface area contributed by atoms with Gasteiger partial charge in [0.05, 0.1) is 0 Å². The molecule has 0 aromatic rings. The van der Waals surface area contributed by atoms with Crippen LogP contribution in [0.15, 0.2) is 0 Å². The lowest BCUT2D eigenvalue weighted by Crippen LogP contribution is -2.42. The van der Waals surface area contributed by atoms with E-state index in [0.717, 1.165) is 45.3 Å². The molecule has 2 saturated heterocycles. The zero-order valence-electron chi connectivity index (χ0n) is 11.3. The molecule has 0 aromatic heterocycles. The van der Waals surface area contributed by atoms with Gasteiger partial charge in [-0.3, -0.25) is 9.59 Å². The fourth-order valence-electron chi connectivity index (χ4n) is 3.42. The molecule has 2 unspecified atom stereocenters. The summed E-state index contributed by atoms with van der Waals surface area (Å²) >= 11 is 0. The van der Waals surface area contributed by atoms with Crippen LogP contribution in [0.5, 0.6) is 0 Å². The highest BCUT2D eigenvalue weighted by atomic mass is 35.5. The smallest absolute Gasteiger partial charge is 0.244 e. The third-order valence-corrected chi connectivity index (χ3v) is 4.85. The highest BCUT2D eigenvalue weighted by Gasteiger charge is 2.58. The van der Waals surface area contributed by atoms with Gasteiger partial charge in [0.15, 0.2) is 0 Å². The van der Waals surface area contributed by atoms with Crippen molar-refractivity contribution in [1.29, 1.82) is 0 Å². The highest BCUT2D eigenvalue weighted by molar-refractivity contribution is 5.91. The van der Waals surface area contributed by atoms with E-state index in [0.29, 0.717) is 0 Å². The van der Waals surface area contributed by atoms with Gasteiger partial charge >= 0.3 is 0 Å². The molecule has 2 N–H and O–H groups in total. The van der Waals surface area contributed by atoms with Crippen molar-refractivity contribution in [3.8, 4) is 0 Å². The standard InChI is InChI=1S/C13H21N3O2.ClH/c1-16-7-2-10(12(16)18)15-11(17)9-8-13(9)3-5-14-6-4-13;/h9-10,14H,2-8H2,1H3,(H,15,17);1H. The number of likely N-dealkylation sites (N-methyl/N-ethyl adjacent to an activating group) is 1. The van der Waals surface area contributed by atoms with Crippen LogP contribution >= 0.6 is 12.4 Å². The third-order valence-electron chi connectivity index (χ3n) is 4.85. The maximum Gasteiger partial charge on any atom is 0.244 e. The van der Waals surface area contributed by atoms with Crippen LogP contribution in [0.3, 0.4) is 0 Å². The second kappa shape index (κ2) is 5.29. The number of hydrogen-bond donors (Lipinski definition) is 2. The zero-order chi connectivity index (χ0) is 12.8. The van der Waals surface area contributed by atoms with Crippen molar-refractivity contribution in [1.82, 2.24) is 15.5 Å². The van der Waals surface area contributed by atoms with E-state index in [1.807, 2.05) is 0 Å². The molecular formula is C13H22ClN3O2. The molecule has 0 bridgehead atoms. The molecule has 1 aliphatic carbocycles. The minimum atomic E-state index is -0.276. The Morgan fingerprint density at radius 1 is 1.42 bits per heavy atom. The van der Waals surface area contributed by atoms with Crippen LogP contribution in [0, 0.1) is 11.3 Å². The van der Waals surface area contributed by atoms with Gasteiger partial charge in [-0.25, -0.2) is 0 Å². The normalized spacial score (nSPS) is 32.1. The Bertz CT molecular complexity index is 382. The lowest BCUT2D eigenvalue weighted by molar-refractivity contribution is -0.132. The van der Waals surface area contributed by atoms with Crippen molar-refractivity contribution in [2.75, 3.05) is 26.7 Å². The van der Waals surface area contributed by atoms with Crippen molar-refractivity contribution in [2.45, 2.75) is 31.7 Å². The van der Waals surface area contributed by atoms with Gasteiger partial charge in [0.2, 0.25) is 11.8 Å². The predicted octanol–water partition coefficient (Wildman–Crippen LogP) is 0.145. The Labute approximate surface area is 119 Å². The molecule has 2 amide bonds. The molecule has 0 aromatic carbocycles. The van der Waals surface area contributed by atoms with Crippen LogP contribution in [-0.4, -0.2) is 49.4 Å². The van der Waals surface area contributed by atoms with Gasteiger partial charge in [-0.15, -0.1) is 12.4 Å². The van der Waals surface area contributed by atoms with Crippen molar-refractivity contribution in [2.24, 2.45) is 11.3 Å². The number of rotatable bonds is 2. The summed E-state index contributed by atoms with van der Waals surface area (Å²) in [6.07, 6.45) is 3.97. The molecule has 19 heavy (non-hydrogen) atoms. The largest absolute Gasteiger partial charge is 0.344 e. The summed E-state index contributed by atoms with van der Waals surface area (Å²) in [7, 11) is 1.79. The van der Waals surface area contributed by atoms with Crippen molar-refractivity contribution < 1.29 is 9.59 Å². The van der Waals surface area contributed by atoms with Crippen molar-refractivity contribution >= 4 is 24.2 Å². The number of likely N-dealkylation sites (tertiary alicyclic amines) is 1. The fraction of sp³-hybridized carbons (Fsp3) is 0.846. The summed E-state index contributed by atoms with van der Waals surface area (Å²) in [5.74, 6) is 0.312. The maximum absolute atomic E-state index is 12.2. The van der Waals surface area contributed by atoms with Gasteiger partial charge in [0.1, 0.15) is 6.04 Å². The lowest BCUT2D eigenvalue weighted by Gasteiger charge is -2.23. The van der Waals surface area contributed by atoms with E-state index in [9.17, 15) is 9.59 Å². The second-order valence-electron chi connectivity index (χ2n) is 5.98. The minimum Gasteiger partial charge on any atom is -0.344 e. The molecule has 2 aliphatic heterocycles. The van der Waals surface area contributed by atoms with Crippen molar-refractivity contribution in [3.05, 3.63) is 0 Å². The van der Waals surface area contributed by atoms with E-state index in [1.165, 1.54) is 0 Å². The molecule has 2 atom stereocenters. The summed E-state index contributed by atoms with van der Waals surface area (Å²) in [5.41, 5.74) is 0.253. The maximum atomic E-state index is 12.2. The molecule has 6 heteroatoms. The minimum absolute atomic E-state index is 0. The van der Waals surface area contributed by atoms with E-state index in [2.05, 4.69) is 10.6 Å². The SMILES string of the molecule is CN1CCC(NC(=O)C2CC23CCNCC3)C1=O.Cl. The number of nitrogens with zero attached hydrogens (tertiary/aromatic N) is 1. The first-order valence-corrected chi connectivity index (χ1v) is 6.88. The van der Waals surface area contributed by atoms with E-state index >= 15 is 0 Å². The molecule has 2 heterocycles. The van der Waals surface area contributed by atoms with E-state index in [4.69, 9.17) is 0 Å². The lowest BCUT2D eigenvalue weighted by atomic mass is 9.91. The number of nitrogens with one attached hydrogen (secondary N) is 2. The third kappa shape index (κ3) is 2.58. The molecular weight excluding hydrogens is 266 g/mol. The summed E-state index contributed by atoms with van der Waals surface area (Å²) in [5, 5.41) is 6.28. The highest BCUT2D eigenvalue weighted by Crippen LogP contribution is 2.58. The number of piperidine rings is 1.